The molecule has 0 spiro atoms. The van der Waals surface area contributed by atoms with Crippen LogP contribution < -0.4 is 20.7 Å². The molecule has 8 nitrogen and oxygen atoms in total. The second-order valence-electron chi connectivity index (χ2n) is 5.25. The molecule has 2 rings (SSSR count). The lowest BCUT2D eigenvalue weighted by atomic mass is 10.2. The molecule has 0 fully saturated rings. The van der Waals surface area contributed by atoms with E-state index in [2.05, 4.69) is 0 Å². The molecule has 0 aliphatic rings. The van der Waals surface area contributed by atoms with Crippen LogP contribution in [0.15, 0.2) is 39.9 Å². The van der Waals surface area contributed by atoms with Gasteiger partial charge in [-0.05, 0) is 23.8 Å². The Bertz CT molecular complexity index is 939. The molecule has 0 aliphatic carbocycles. The van der Waals surface area contributed by atoms with Crippen LogP contribution in [-0.4, -0.2) is 27.3 Å². The smallest absolute Gasteiger partial charge is 0.330 e. The Balaban J connectivity index is 2.25. The SMILES string of the molecule is COc1cc(C=CC(=O)O)ccc1OCc1cc(=O)n(C)c(=O)n1C. The number of carboxylic acid groups (broad SMARTS) is 1. The number of methoxy groups -OCH3 is 1. The molecule has 8 heteroatoms. The third-order valence-corrected chi connectivity index (χ3v) is 3.61. The van der Waals surface area contributed by atoms with Crippen LogP contribution in [0.2, 0.25) is 0 Å². The number of nitrogens with zero attached hydrogens (tertiary/aromatic N) is 2. The Hall–Kier alpha value is -3.29. The Labute approximate surface area is 143 Å². The standard InChI is InChI=1S/C17H18N2O6/c1-18-12(9-15(20)19(2)17(18)23)10-25-13-6-4-11(5-7-16(21)22)8-14(13)24-3/h4-9H,10H2,1-3H3,(H,21,22). The van der Waals surface area contributed by atoms with E-state index < -0.39 is 17.2 Å². The lowest BCUT2D eigenvalue weighted by molar-refractivity contribution is -0.131. The highest BCUT2D eigenvalue weighted by molar-refractivity contribution is 5.85. The number of carboxylic acids is 1. The van der Waals surface area contributed by atoms with Crippen molar-refractivity contribution in [2.24, 2.45) is 14.1 Å². The number of ether oxygens (including phenoxy) is 2. The third-order valence-electron chi connectivity index (χ3n) is 3.61. The average molecular weight is 346 g/mol. The zero-order valence-electron chi connectivity index (χ0n) is 14.1. The van der Waals surface area contributed by atoms with Gasteiger partial charge in [0.15, 0.2) is 11.5 Å². The van der Waals surface area contributed by atoms with Gasteiger partial charge in [-0.3, -0.25) is 13.9 Å². The molecule has 1 N–H and O–H groups in total. The summed E-state index contributed by atoms with van der Waals surface area (Å²) in [5.41, 5.74) is 0.202. The van der Waals surface area contributed by atoms with Crippen molar-refractivity contribution in [2.45, 2.75) is 6.61 Å². The van der Waals surface area contributed by atoms with Crippen LogP contribution in [0.5, 0.6) is 11.5 Å². The molecule has 0 bridgehead atoms. The molecule has 25 heavy (non-hydrogen) atoms. The van der Waals surface area contributed by atoms with Gasteiger partial charge < -0.3 is 14.6 Å². The van der Waals surface area contributed by atoms with Gasteiger partial charge in [-0.1, -0.05) is 6.07 Å². The van der Waals surface area contributed by atoms with E-state index in [0.29, 0.717) is 22.8 Å². The van der Waals surface area contributed by atoms with E-state index in [0.717, 1.165) is 10.6 Å². The van der Waals surface area contributed by atoms with E-state index in [1.54, 1.807) is 25.2 Å². The highest BCUT2D eigenvalue weighted by Gasteiger charge is 2.09. The van der Waals surface area contributed by atoms with E-state index in [1.807, 2.05) is 0 Å². The first-order chi connectivity index (χ1) is 11.8. The van der Waals surface area contributed by atoms with Crippen LogP contribution >= 0.6 is 0 Å². The number of aliphatic carboxylic acids is 1. The molecule has 0 unspecified atom stereocenters. The highest BCUT2D eigenvalue weighted by Crippen LogP contribution is 2.29. The summed E-state index contributed by atoms with van der Waals surface area (Å²) in [6.45, 7) is 0.00247. The third kappa shape index (κ3) is 4.17. The predicted octanol–water partition coefficient (Wildman–Crippen LogP) is 0.769. The van der Waals surface area contributed by atoms with E-state index in [9.17, 15) is 14.4 Å². The Morgan fingerprint density at radius 3 is 2.52 bits per heavy atom. The molecule has 0 saturated heterocycles. The van der Waals surface area contributed by atoms with Crippen molar-refractivity contribution in [3.8, 4) is 11.5 Å². The molecule has 0 amide bonds. The summed E-state index contributed by atoms with van der Waals surface area (Å²) in [7, 11) is 4.42. The topological polar surface area (TPSA) is 99.8 Å². The zero-order valence-corrected chi connectivity index (χ0v) is 14.1. The molecule has 0 aliphatic heterocycles. The molecule has 2 aromatic rings. The zero-order chi connectivity index (χ0) is 18.6. The lowest BCUT2D eigenvalue weighted by Gasteiger charge is -2.13. The first-order valence-electron chi connectivity index (χ1n) is 7.31. The normalized spacial score (nSPS) is 10.8. The number of hydrogen-bond acceptors (Lipinski definition) is 5. The van der Waals surface area contributed by atoms with Crippen molar-refractivity contribution in [1.82, 2.24) is 9.13 Å². The second kappa shape index (κ2) is 7.52. The molecule has 1 heterocycles. The van der Waals surface area contributed by atoms with Crippen LogP contribution in [0.4, 0.5) is 0 Å². The maximum atomic E-state index is 11.9. The van der Waals surface area contributed by atoms with Gasteiger partial charge in [0.25, 0.3) is 5.56 Å². The lowest BCUT2D eigenvalue weighted by Crippen LogP contribution is -2.38. The van der Waals surface area contributed by atoms with Crippen molar-refractivity contribution >= 4 is 12.0 Å². The first kappa shape index (κ1) is 18.1. The number of hydrogen-bond donors (Lipinski definition) is 1. The van der Waals surface area contributed by atoms with Crippen LogP contribution in [0.1, 0.15) is 11.3 Å². The van der Waals surface area contributed by atoms with Crippen LogP contribution in [0.3, 0.4) is 0 Å². The fourth-order valence-corrected chi connectivity index (χ4v) is 2.14. The van der Waals surface area contributed by atoms with Gasteiger partial charge in [0.05, 0.1) is 12.8 Å². The number of rotatable bonds is 6. The van der Waals surface area contributed by atoms with Crippen molar-refractivity contribution in [3.05, 3.63) is 62.4 Å². The van der Waals surface area contributed by atoms with E-state index >= 15 is 0 Å². The van der Waals surface area contributed by atoms with Gasteiger partial charge in [0.2, 0.25) is 0 Å². The number of benzene rings is 1. The Morgan fingerprint density at radius 2 is 1.88 bits per heavy atom. The predicted molar refractivity (Wildman–Crippen MR) is 90.9 cm³/mol. The van der Waals surface area contributed by atoms with Gasteiger partial charge in [-0.2, -0.15) is 0 Å². The van der Waals surface area contributed by atoms with Crippen LogP contribution in [-0.2, 0) is 25.5 Å². The summed E-state index contributed by atoms with van der Waals surface area (Å²) >= 11 is 0. The summed E-state index contributed by atoms with van der Waals surface area (Å²) in [5, 5.41) is 8.66. The minimum Gasteiger partial charge on any atom is -0.493 e. The van der Waals surface area contributed by atoms with Gasteiger partial charge in [0, 0.05) is 26.2 Å². The molecule has 1 aromatic heterocycles. The minimum absolute atomic E-state index is 0.00247. The fourth-order valence-electron chi connectivity index (χ4n) is 2.14. The van der Waals surface area contributed by atoms with Crippen molar-refractivity contribution in [2.75, 3.05) is 7.11 Å². The molecular weight excluding hydrogens is 328 g/mol. The van der Waals surface area contributed by atoms with Crippen molar-refractivity contribution in [1.29, 1.82) is 0 Å². The Kier molecular flexibility index (Phi) is 5.43. The van der Waals surface area contributed by atoms with Gasteiger partial charge >= 0.3 is 11.7 Å². The fraction of sp³-hybridized carbons (Fsp3) is 0.235. The van der Waals surface area contributed by atoms with Crippen LogP contribution in [0.25, 0.3) is 6.08 Å². The summed E-state index contributed by atoms with van der Waals surface area (Å²) < 4.78 is 13.2. The summed E-state index contributed by atoms with van der Waals surface area (Å²) in [5.74, 6) is -0.240. The second-order valence-corrected chi connectivity index (χ2v) is 5.25. The van der Waals surface area contributed by atoms with E-state index in [4.69, 9.17) is 14.6 Å². The van der Waals surface area contributed by atoms with Gasteiger partial charge in [-0.15, -0.1) is 0 Å². The molecule has 0 radical (unpaired) electrons. The monoisotopic (exact) mass is 346 g/mol. The molecule has 132 valence electrons. The largest absolute Gasteiger partial charge is 0.493 e. The van der Waals surface area contributed by atoms with Crippen molar-refractivity contribution < 1.29 is 19.4 Å². The number of carbonyl (C=O) groups is 1. The van der Waals surface area contributed by atoms with Crippen molar-refractivity contribution in [3.63, 3.8) is 0 Å². The molecule has 0 atom stereocenters. The molecule has 1 aromatic carbocycles. The van der Waals surface area contributed by atoms with Gasteiger partial charge in [0.1, 0.15) is 6.61 Å². The maximum Gasteiger partial charge on any atom is 0.330 e. The summed E-state index contributed by atoms with van der Waals surface area (Å²) in [4.78, 5) is 34.2. The average Bonchev–Trinajstić information content (AvgIpc) is 2.60. The Morgan fingerprint density at radius 1 is 1.16 bits per heavy atom. The van der Waals surface area contributed by atoms with Crippen LogP contribution in [0, 0.1) is 0 Å². The van der Waals surface area contributed by atoms with E-state index in [-0.39, 0.29) is 6.61 Å². The minimum atomic E-state index is -1.05. The summed E-state index contributed by atoms with van der Waals surface area (Å²) in [6.07, 6.45) is 2.45. The maximum absolute atomic E-state index is 11.9. The number of aromatic nitrogens is 2. The summed E-state index contributed by atoms with van der Waals surface area (Å²) in [6, 6.07) is 6.25. The molecule has 0 saturated carbocycles. The van der Waals surface area contributed by atoms with Gasteiger partial charge in [-0.25, -0.2) is 9.59 Å². The first-order valence-corrected chi connectivity index (χ1v) is 7.31. The van der Waals surface area contributed by atoms with E-state index in [1.165, 1.54) is 30.9 Å². The molecular formula is C17H18N2O6. The quantitative estimate of drug-likeness (QED) is 0.776. The highest BCUT2D eigenvalue weighted by atomic mass is 16.5.